The average molecular weight is 262 g/mol. The topological polar surface area (TPSA) is 41.1 Å². The van der Waals surface area contributed by atoms with Gasteiger partial charge in [0.15, 0.2) is 0 Å². The van der Waals surface area contributed by atoms with Crippen LogP contribution in [0.15, 0.2) is 36.6 Å². The van der Waals surface area contributed by atoms with E-state index in [9.17, 15) is 9.18 Å². The van der Waals surface area contributed by atoms with E-state index in [1.807, 2.05) is 32.2 Å². The van der Waals surface area contributed by atoms with Gasteiger partial charge in [-0.25, -0.2) is 4.39 Å². The number of carbonyl (C=O) groups is 1. The molecule has 0 bridgehead atoms. The number of allylic oxidation sites excluding steroid dienone is 3. The van der Waals surface area contributed by atoms with Gasteiger partial charge in [0.1, 0.15) is 5.82 Å². The van der Waals surface area contributed by atoms with Gasteiger partial charge in [0.2, 0.25) is 5.91 Å². The molecule has 0 unspecified atom stereocenters. The van der Waals surface area contributed by atoms with Crippen LogP contribution >= 0.6 is 0 Å². The fourth-order valence-electron chi connectivity index (χ4n) is 1.71. The van der Waals surface area contributed by atoms with Gasteiger partial charge in [0, 0.05) is 19.7 Å². The van der Waals surface area contributed by atoms with Crippen LogP contribution in [0.1, 0.15) is 25.0 Å². The Bertz CT molecular complexity index is 507. The van der Waals surface area contributed by atoms with Gasteiger partial charge < -0.3 is 10.6 Å². The van der Waals surface area contributed by atoms with E-state index in [2.05, 4.69) is 10.6 Å². The molecule has 0 saturated carbocycles. The third kappa shape index (κ3) is 5.06. The maximum atomic E-state index is 13.6. The molecule has 1 rings (SSSR count). The van der Waals surface area contributed by atoms with Crippen LogP contribution in [-0.4, -0.2) is 13.0 Å². The monoisotopic (exact) mass is 262 g/mol. The summed E-state index contributed by atoms with van der Waals surface area (Å²) in [5, 5.41) is 5.60. The van der Waals surface area contributed by atoms with E-state index in [1.54, 1.807) is 6.20 Å². The van der Waals surface area contributed by atoms with Crippen LogP contribution in [0.2, 0.25) is 0 Å². The van der Waals surface area contributed by atoms with E-state index >= 15 is 0 Å². The Morgan fingerprint density at radius 1 is 1.37 bits per heavy atom. The first-order valence-electron chi connectivity index (χ1n) is 6.11. The van der Waals surface area contributed by atoms with Crippen LogP contribution in [-0.2, 0) is 11.3 Å². The summed E-state index contributed by atoms with van der Waals surface area (Å²) in [6.45, 7) is 3.89. The molecule has 0 heterocycles. The molecule has 0 aliphatic carbocycles. The first-order valence-corrected chi connectivity index (χ1v) is 6.11. The molecular weight excluding hydrogens is 243 g/mol. The molecule has 0 radical (unpaired) electrons. The molecule has 0 fully saturated rings. The van der Waals surface area contributed by atoms with Gasteiger partial charge in [-0.15, -0.1) is 0 Å². The smallest absolute Gasteiger partial charge is 0.220 e. The molecular formula is C15H19FN2O. The highest BCUT2D eigenvalue weighted by molar-refractivity contribution is 5.80. The lowest BCUT2D eigenvalue weighted by molar-refractivity contribution is -0.118. The zero-order valence-corrected chi connectivity index (χ0v) is 11.5. The third-order valence-electron chi connectivity index (χ3n) is 2.45. The third-order valence-corrected chi connectivity index (χ3v) is 2.45. The van der Waals surface area contributed by atoms with Crippen LogP contribution in [0.5, 0.6) is 0 Å². The standard InChI is InChI=1S/C15H19FN2O/c1-4-5-13(10-18-11(2)19)14-6-12(9-17-3)7-15(16)8-14/h4-8,10,17H,9H2,1-3H3,(H,18,19)/b5-4-,13-10+. The minimum absolute atomic E-state index is 0.158. The number of rotatable bonds is 5. The van der Waals surface area contributed by atoms with Crippen LogP contribution in [0, 0.1) is 5.82 Å². The van der Waals surface area contributed by atoms with Crippen molar-refractivity contribution in [2.75, 3.05) is 7.05 Å². The fourth-order valence-corrected chi connectivity index (χ4v) is 1.71. The van der Waals surface area contributed by atoms with E-state index in [1.165, 1.54) is 19.1 Å². The molecule has 0 aromatic heterocycles. The van der Waals surface area contributed by atoms with E-state index < -0.39 is 0 Å². The van der Waals surface area contributed by atoms with E-state index in [0.29, 0.717) is 6.54 Å². The Labute approximate surface area is 113 Å². The summed E-state index contributed by atoms with van der Waals surface area (Å²) in [5.74, 6) is -0.449. The molecule has 0 aliphatic heterocycles. The summed E-state index contributed by atoms with van der Waals surface area (Å²) in [6, 6.07) is 4.84. The molecule has 4 heteroatoms. The number of hydrogen-bond acceptors (Lipinski definition) is 2. The maximum absolute atomic E-state index is 13.6. The van der Waals surface area contributed by atoms with E-state index in [0.717, 1.165) is 16.7 Å². The first kappa shape index (κ1) is 15.1. The maximum Gasteiger partial charge on any atom is 0.220 e. The highest BCUT2D eigenvalue weighted by atomic mass is 19.1. The van der Waals surface area contributed by atoms with Gasteiger partial charge >= 0.3 is 0 Å². The zero-order chi connectivity index (χ0) is 14.3. The largest absolute Gasteiger partial charge is 0.332 e. The van der Waals surface area contributed by atoms with Crippen molar-refractivity contribution in [3.8, 4) is 0 Å². The molecule has 102 valence electrons. The van der Waals surface area contributed by atoms with Crippen LogP contribution in [0.25, 0.3) is 5.57 Å². The van der Waals surface area contributed by atoms with Crippen molar-refractivity contribution in [2.45, 2.75) is 20.4 Å². The van der Waals surface area contributed by atoms with Crippen molar-refractivity contribution >= 4 is 11.5 Å². The summed E-state index contributed by atoms with van der Waals surface area (Å²) in [6.07, 6.45) is 5.25. The zero-order valence-electron chi connectivity index (χ0n) is 11.5. The minimum Gasteiger partial charge on any atom is -0.332 e. The van der Waals surface area contributed by atoms with E-state index in [-0.39, 0.29) is 11.7 Å². The Morgan fingerprint density at radius 3 is 2.68 bits per heavy atom. The normalized spacial score (nSPS) is 11.9. The molecule has 0 spiro atoms. The number of nitrogens with one attached hydrogen (secondary N) is 2. The second-order valence-corrected chi connectivity index (χ2v) is 4.18. The number of amides is 1. The summed E-state index contributed by atoms with van der Waals surface area (Å²) in [7, 11) is 1.81. The van der Waals surface area contributed by atoms with Crippen molar-refractivity contribution < 1.29 is 9.18 Å². The Balaban J connectivity index is 3.14. The van der Waals surface area contributed by atoms with Gasteiger partial charge in [-0.1, -0.05) is 12.2 Å². The molecule has 19 heavy (non-hydrogen) atoms. The van der Waals surface area contributed by atoms with Crippen molar-refractivity contribution in [3.63, 3.8) is 0 Å². The van der Waals surface area contributed by atoms with Crippen molar-refractivity contribution in [2.24, 2.45) is 0 Å². The number of hydrogen-bond donors (Lipinski definition) is 2. The van der Waals surface area contributed by atoms with Crippen molar-refractivity contribution in [1.82, 2.24) is 10.6 Å². The van der Waals surface area contributed by atoms with Crippen molar-refractivity contribution in [1.29, 1.82) is 0 Å². The predicted octanol–water partition coefficient (Wildman–Crippen LogP) is 2.60. The summed E-state index contributed by atoms with van der Waals surface area (Å²) >= 11 is 0. The molecule has 2 N–H and O–H groups in total. The Morgan fingerprint density at radius 2 is 2.11 bits per heavy atom. The predicted molar refractivity (Wildman–Crippen MR) is 75.8 cm³/mol. The summed E-state index contributed by atoms with van der Waals surface area (Å²) in [4.78, 5) is 11.0. The second-order valence-electron chi connectivity index (χ2n) is 4.18. The summed E-state index contributed by atoms with van der Waals surface area (Å²) < 4.78 is 13.6. The van der Waals surface area contributed by atoms with Crippen molar-refractivity contribution in [3.05, 3.63) is 53.5 Å². The molecule has 0 atom stereocenters. The number of benzene rings is 1. The Kier molecular flexibility index (Phi) is 5.96. The minimum atomic E-state index is -0.291. The van der Waals surface area contributed by atoms with Gasteiger partial charge in [-0.05, 0) is 48.9 Å². The molecule has 1 amide bonds. The second kappa shape index (κ2) is 7.48. The van der Waals surface area contributed by atoms with Crippen LogP contribution in [0.3, 0.4) is 0 Å². The highest BCUT2D eigenvalue weighted by Crippen LogP contribution is 2.19. The first-order chi connectivity index (χ1) is 9.06. The highest BCUT2D eigenvalue weighted by Gasteiger charge is 2.04. The van der Waals surface area contributed by atoms with Gasteiger partial charge in [-0.3, -0.25) is 4.79 Å². The quantitative estimate of drug-likeness (QED) is 0.801. The lowest BCUT2D eigenvalue weighted by atomic mass is 10.0. The molecule has 1 aromatic rings. The van der Waals surface area contributed by atoms with Crippen LogP contribution in [0.4, 0.5) is 4.39 Å². The molecule has 1 aromatic carbocycles. The fraction of sp³-hybridized carbons (Fsp3) is 0.267. The van der Waals surface area contributed by atoms with Gasteiger partial charge in [0.25, 0.3) is 0 Å². The Hall–Kier alpha value is -1.94. The SMILES string of the molecule is C/C=C\C(=C/NC(C)=O)c1cc(F)cc(CNC)c1. The lowest BCUT2D eigenvalue weighted by Crippen LogP contribution is -2.12. The number of halogens is 1. The van der Waals surface area contributed by atoms with E-state index in [4.69, 9.17) is 0 Å². The molecule has 0 saturated heterocycles. The molecule has 0 aliphatic rings. The van der Waals surface area contributed by atoms with Gasteiger partial charge in [-0.2, -0.15) is 0 Å². The van der Waals surface area contributed by atoms with Gasteiger partial charge in [0.05, 0.1) is 0 Å². The average Bonchev–Trinajstić information content (AvgIpc) is 2.34. The molecule has 3 nitrogen and oxygen atoms in total. The van der Waals surface area contributed by atoms with Crippen LogP contribution < -0.4 is 10.6 Å². The number of carbonyl (C=O) groups excluding carboxylic acids is 1. The lowest BCUT2D eigenvalue weighted by Gasteiger charge is -2.07. The summed E-state index contributed by atoms with van der Waals surface area (Å²) in [5.41, 5.74) is 2.35.